The van der Waals surface area contributed by atoms with Gasteiger partial charge in [0.1, 0.15) is 23.4 Å². The largest absolute Gasteiger partial charge is 0.573 e. The molecule has 1 unspecified atom stereocenters. The maximum Gasteiger partial charge on any atom is 0.573 e. The molecule has 0 spiro atoms. The summed E-state index contributed by atoms with van der Waals surface area (Å²) in [6, 6.07) is 15.9. The molecule has 1 fully saturated rings. The number of carbonyl (C=O) groups is 2. The van der Waals surface area contributed by atoms with Crippen molar-refractivity contribution < 1.29 is 36.6 Å². The molecule has 1 aliphatic heterocycles. The van der Waals surface area contributed by atoms with Crippen molar-refractivity contribution in [1.29, 1.82) is 0 Å². The van der Waals surface area contributed by atoms with Crippen LogP contribution in [0.25, 0.3) is 0 Å². The minimum Gasteiger partial charge on any atom is -0.497 e. The molecule has 12 heteroatoms. The quantitative estimate of drug-likeness (QED) is 0.306. The minimum atomic E-state index is -4.83. The zero-order chi connectivity index (χ0) is 27.4. The molecule has 1 heterocycles. The van der Waals surface area contributed by atoms with E-state index in [9.17, 15) is 27.2 Å². The molecule has 0 bridgehead atoms. The number of carbonyl (C=O) groups excluding carboxylic acids is 2. The van der Waals surface area contributed by atoms with E-state index in [1.807, 2.05) is 0 Å². The Morgan fingerprint density at radius 2 is 1.58 bits per heavy atom. The van der Waals surface area contributed by atoms with Gasteiger partial charge in [0, 0.05) is 12.2 Å². The lowest BCUT2D eigenvalue weighted by Crippen LogP contribution is -2.37. The Hall–Kier alpha value is -4.19. The van der Waals surface area contributed by atoms with Crippen molar-refractivity contribution in [3.05, 3.63) is 84.2 Å². The summed E-state index contributed by atoms with van der Waals surface area (Å²) in [5.74, 6) is -1.25. The lowest BCUT2D eigenvalue weighted by atomic mass is 10.1. The highest BCUT2D eigenvalue weighted by atomic mass is 32.1. The topological polar surface area (TPSA) is 71.1 Å². The van der Waals surface area contributed by atoms with Gasteiger partial charge in [-0.2, -0.15) is 0 Å². The smallest absolute Gasteiger partial charge is 0.497 e. The van der Waals surface area contributed by atoms with Gasteiger partial charge >= 0.3 is 6.36 Å². The molecular formula is C26H21F4N3O4S. The number of benzene rings is 3. The van der Waals surface area contributed by atoms with Crippen molar-refractivity contribution in [2.75, 3.05) is 17.3 Å². The fourth-order valence-electron chi connectivity index (χ4n) is 3.90. The number of hydrogen-bond donors (Lipinski definition) is 1. The van der Waals surface area contributed by atoms with Crippen molar-refractivity contribution in [3.8, 4) is 11.5 Å². The number of halogens is 4. The summed E-state index contributed by atoms with van der Waals surface area (Å²) in [4.78, 5) is 29.2. The molecule has 1 N–H and O–H groups in total. The normalized spacial score (nSPS) is 15.6. The second kappa shape index (κ2) is 11.1. The third-order valence-corrected chi connectivity index (χ3v) is 6.08. The second-order valence-corrected chi connectivity index (χ2v) is 8.61. The molecular weight excluding hydrogens is 526 g/mol. The van der Waals surface area contributed by atoms with Crippen molar-refractivity contribution in [1.82, 2.24) is 4.90 Å². The summed E-state index contributed by atoms with van der Waals surface area (Å²) in [6.45, 7) is 0.0397. The lowest BCUT2D eigenvalue weighted by molar-refractivity contribution is -0.274. The Labute approximate surface area is 220 Å². The Kier molecular flexibility index (Phi) is 7.81. The minimum absolute atomic E-state index is 0.0397. The van der Waals surface area contributed by atoms with Crippen molar-refractivity contribution >= 4 is 40.5 Å². The number of anilines is 2. The van der Waals surface area contributed by atoms with Gasteiger partial charge in [-0.15, -0.1) is 13.2 Å². The average molecular weight is 548 g/mol. The van der Waals surface area contributed by atoms with Crippen molar-refractivity contribution in [2.45, 2.75) is 25.4 Å². The Bertz CT molecular complexity index is 1320. The molecule has 0 aliphatic carbocycles. The van der Waals surface area contributed by atoms with Crippen LogP contribution in [-0.2, 0) is 16.1 Å². The highest BCUT2D eigenvalue weighted by molar-refractivity contribution is 7.80. The van der Waals surface area contributed by atoms with E-state index in [-0.39, 0.29) is 18.1 Å². The second-order valence-electron chi connectivity index (χ2n) is 8.25. The number of rotatable bonds is 8. The van der Waals surface area contributed by atoms with E-state index in [0.717, 1.165) is 12.1 Å². The van der Waals surface area contributed by atoms with Gasteiger partial charge in [-0.1, -0.05) is 12.1 Å². The molecule has 2 amide bonds. The van der Waals surface area contributed by atoms with E-state index in [1.54, 1.807) is 24.3 Å². The number of ether oxygens (including phenoxy) is 2. The highest BCUT2D eigenvalue weighted by Gasteiger charge is 2.44. The van der Waals surface area contributed by atoms with Crippen LogP contribution in [0.2, 0.25) is 0 Å². The number of nitrogens with one attached hydrogen (secondary N) is 1. The molecule has 0 aromatic heterocycles. The zero-order valence-corrected chi connectivity index (χ0v) is 20.7. The van der Waals surface area contributed by atoms with E-state index >= 15 is 0 Å². The first-order valence-electron chi connectivity index (χ1n) is 11.2. The van der Waals surface area contributed by atoms with Crippen LogP contribution < -0.4 is 19.7 Å². The Morgan fingerprint density at radius 1 is 0.974 bits per heavy atom. The van der Waals surface area contributed by atoms with Crippen molar-refractivity contribution in [2.24, 2.45) is 0 Å². The molecule has 4 rings (SSSR count). The van der Waals surface area contributed by atoms with E-state index in [4.69, 9.17) is 17.0 Å². The van der Waals surface area contributed by atoms with Crippen LogP contribution in [0.4, 0.5) is 28.9 Å². The first kappa shape index (κ1) is 26.9. The van der Waals surface area contributed by atoms with Crippen LogP contribution in [0.1, 0.15) is 12.0 Å². The van der Waals surface area contributed by atoms with Gasteiger partial charge in [0.2, 0.25) is 5.91 Å². The maximum absolute atomic E-state index is 13.5. The Balaban J connectivity index is 1.58. The van der Waals surface area contributed by atoms with Gasteiger partial charge in [0.15, 0.2) is 5.11 Å². The number of amides is 2. The maximum atomic E-state index is 13.5. The zero-order valence-electron chi connectivity index (χ0n) is 19.9. The Morgan fingerprint density at radius 3 is 2.16 bits per heavy atom. The number of hydrogen-bond acceptors (Lipinski definition) is 5. The number of nitrogens with zero attached hydrogens (tertiary/aromatic N) is 2. The number of methoxy groups -OCH3 is 1. The van der Waals surface area contributed by atoms with Crippen LogP contribution in [0.3, 0.4) is 0 Å². The first-order chi connectivity index (χ1) is 18.0. The van der Waals surface area contributed by atoms with E-state index in [0.29, 0.717) is 22.7 Å². The molecule has 3 aromatic carbocycles. The predicted molar refractivity (Wildman–Crippen MR) is 135 cm³/mol. The summed E-state index contributed by atoms with van der Waals surface area (Å²) in [6.07, 6.45) is -5.11. The molecule has 7 nitrogen and oxygen atoms in total. The first-order valence-corrected chi connectivity index (χ1v) is 11.6. The third-order valence-electron chi connectivity index (χ3n) is 5.67. The van der Waals surface area contributed by atoms with Gasteiger partial charge in [0.05, 0.1) is 19.2 Å². The van der Waals surface area contributed by atoms with Crippen LogP contribution in [0.15, 0.2) is 72.8 Å². The van der Waals surface area contributed by atoms with Crippen LogP contribution >= 0.6 is 12.2 Å². The van der Waals surface area contributed by atoms with Crippen LogP contribution in [0, 0.1) is 5.82 Å². The number of thiocarbonyl (C=S) groups is 1. The summed E-state index contributed by atoms with van der Waals surface area (Å²) in [7, 11) is 1.50. The van der Waals surface area contributed by atoms with Gasteiger partial charge in [-0.25, -0.2) is 4.39 Å². The summed E-state index contributed by atoms with van der Waals surface area (Å²) >= 11 is 5.61. The number of alkyl halides is 3. The third kappa shape index (κ3) is 6.38. The molecule has 198 valence electrons. The fourth-order valence-corrected chi connectivity index (χ4v) is 4.28. The molecule has 3 aromatic rings. The average Bonchev–Trinajstić information content (AvgIpc) is 3.09. The molecule has 1 aliphatic rings. The standard InChI is InChI=1S/C26H21F4N3O4S/c1-36-20-12-8-19(9-13-20)33-24(35)22(14-23(34)31-18-6-4-17(27)5-7-18)32(25(33)38)15-16-2-10-21(11-3-16)37-26(28,29)30/h2-13,22H,14-15H2,1H3,(H,31,34). The molecule has 38 heavy (non-hydrogen) atoms. The lowest BCUT2D eigenvalue weighted by Gasteiger charge is -2.24. The van der Waals surface area contributed by atoms with E-state index in [1.165, 1.54) is 53.3 Å². The summed E-state index contributed by atoms with van der Waals surface area (Å²) < 4.78 is 59.8. The van der Waals surface area contributed by atoms with E-state index < -0.39 is 35.8 Å². The molecule has 1 atom stereocenters. The summed E-state index contributed by atoms with van der Waals surface area (Å²) in [5, 5.41) is 2.75. The molecule has 1 saturated heterocycles. The van der Waals surface area contributed by atoms with Crippen molar-refractivity contribution in [3.63, 3.8) is 0 Å². The van der Waals surface area contributed by atoms with Gasteiger partial charge in [-0.3, -0.25) is 14.5 Å². The predicted octanol–water partition coefficient (Wildman–Crippen LogP) is 5.26. The molecule has 0 saturated carbocycles. The summed E-state index contributed by atoms with van der Waals surface area (Å²) in [5.41, 5.74) is 1.35. The molecule has 0 radical (unpaired) electrons. The highest BCUT2D eigenvalue weighted by Crippen LogP contribution is 2.31. The fraction of sp³-hybridized carbons (Fsp3) is 0.192. The monoisotopic (exact) mass is 547 g/mol. The van der Waals surface area contributed by atoms with E-state index in [2.05, 4.69) is 10.1 Å². The SMILES string of the molecule is COc1ccc(N2C(=O)C(CC(=O)Nc3ccc(F)cc3)N(Cc3ccc(OC(F)(F)F)cc3)C2=S)cc1. The van der Waals surface area contributed by atoms with Gasteiger partial charge < -0.3 is 19.7 Å². The van der Waals surface area contributed by atoms with Crippen LogP contribution in [0.5, 0.6) is 11.5 Å². The van der Waals surface area contributed by atoms with Gasteiger partial charge in [-0.05, 0) is 78.4 Å². The van der Waals surface area contributed by atoms with Crippen LogP contribution in [-0.4, -0.2) is 41.3 Å². The van der Waals surface area contributed by atoms with Gasteiger partial charge in [0.25, 0.3) is 5.91 Å².